The number of ether oxygens (including phenoxy) is 1. The number of fused-ring (bicyclic) bond motifs is 2. The smallest absolute Gasteiger partial charge is 0.0829 e. The first-order chi connectivity index (χ1) is 12.7. The summed E-state index contributed by atoms with van der Waals surface area (Å²) in [6, 6.07) is 8.81. The standard InChI is InChI=1S/C21H29N3O2/c1-23-15-17(14-22-23)16-24-10-8-21(9-11-24)7-6-20(26-13-12-25)18-4-2-3-5-19(18)21/h2-5,14-15,20,25H,6-13,16H2,1H3/t20-/m1/s1. The van der Waals surface area contributed by atoms with Crippen molar-refractivity contribution in [1.29, 1.82) is 0 Å². The van der Waals surface area contributed by atoms with E-state index in [1.54, 1.807) is 0 Å². The van der Waals surface area contributed by atoms with Crippen molar-refractivity contribution in [1.82, 2.24) is 14.7 Å². The van der Waals surface area contributed by atoms with Gasteiger partial charge in [-0.05, 0) is 55.3 Å². The summed E-state index contributed by atoms with van der Waals surface area (Å²) in [5, 5.41) is 13.4. The Morgan fingerprint density at radius 2 is 2.04 bits per heavy atom. The molecule has 140 valence electrons. The van der Waals surface area contributed by atoms with Crippen LogP contribution in [0.25, 0.3) is 0 Å². The summed E-state index contributed by atoms with van der Waals surface area (Å²) in [4.78, 5) is 2.55. The van der Waals surface area contributed by atoms with Crippen LogP contribution in [0.4, 0.5) is 0 Å². The molecule has 1 atom stereocenters. The van der Waals surface area contributed by atoms with Crippen molar-refractivity contribution >= 4 is 0 Å². The monoisotopic (exact) mass is 355 g/mol. The number of piperidine rings is 1. The molecule has 1 N–H and O–H groups in total. The SMILES string of the molecule is Cn1cc(CN2CCC3(CC[C@@H](OCCO)c4ccccc43)CC2)cn1. The minimum absolute atomic E-state index is 0.0904. The fourth-order valence-electron chi connectivity index (χ4n) is 4.80. The van der Waals surface area contributed by atoms with E-state index in [0.29, 0.717) is 12.0 Å². The Balaban J connectivity index is 1.47. The highest BCUT2D eigenvalue weighted by molar-refractivity contribution is 5.39. The first-order valence-corrected chi connectivity index (χ1v) is 9.72. The van der Waals surface area contributed by atoms with Crippen LogP contribution in [-0.4, -0.2) is 46.1 Å². The maximum atomic E-state index is 9.10. The third kappa shape index (κ3) is 3.43. The van der Waals surface area contributed by atoms with Crippen molar-refractivity contribution in [2.75, 3.05) is 26.3 Å². The van der Waals surface area contributed by atoms with Crippen molar-refractivity contribution in [2.24, 2.45) is 7.05 Å². The number of benzene rings is 1. The molecule has 0 saturated carbocycles. The first-order valence-electron chi connectivity index (χ1n) is 9.72. The Morgan fingerprint density at radius 3 is 2.77 bits per heavy atom. The van der Waals surface area contributed by atoms with Crippen LogP contribution in [0.2, 0.25) is 0 Å². The lowest BCUT2D eigenvalue weighted by atomic mass is 9.64. The van der Waals surface area contributed by atoms with Gasteiger partial charge in [0.05, 0.1) is 25.5 Å². The van der Waals surface area contributed by atoms with Crippen LogP contribution >= 0.6 is 0 Å². The van der Waals surface area contributed by atoms with E-state index >= 15 is 0 Å². The quantitative estimate of drug-likeness (QED) is 0.896. The van der Waals surface area contributed by atoms with E-state index in [1.807, 2.05) is 17.9 Å². The fraction of sp³-hybridized carbons (Fsp3) is 0.571. The van der Waals surface area contributed by atoms with Crippen molar-refractivity contribution in [3.8, 4) is 0 Å². The van der Waals surface area contributed by atoms with Gasteiger partial charge in [0.25, 0.3) is 0 Å². The van der Waals surface area contributed by atoms with E-state index in [4.69, 9.17) is 9.84 Å². The van der Waals surface area contributed by atoms with Gasteiger partial charge < -0.3 is 9.84 Å². The van der Waals surface area contributed by atoms with Crippen molar-refractivity contribution in [3.63, 3.8) is 0 Å². The van der Waals surface area contributed by atoms with E-state index in [9.17, 15) is 0 Å². The zero-order valence-corrected chi connectivity index (χ0v) is 15.6. The van der Waals surface area contributed by atoms with Crippen molar-refractivity contribution in [3.05, 3.63) is 53.3 Å². The van der Waals surface area contributed by atoms with Crippen molar-refractivity contribution in [2.45, 2.75) is 43.7 Å². The average molecular weight is 355 g/mol. The average Bonchev–Trinajstić information content (AvgIpc) is 3.08. The highest BCUT2D eigenvalue weighted by atomic mass is 16.5. The molecule has 1 spiro atoms. The Labute approximate surface area is 155 Å². The summed E-state index contributed by atoms with van der Waals surface area (Å²) in [7, 11) is 1.98. The first kappa shape index (κ1) is 17.7. The molecular weight excluding hydrogens is 326 g/mol. The Hall–Kier alpha value is -1.69. The van der Waals surface area contributed by atoms with Crippen molar-refractivity contribution < 1.29 is 9.84 Å². The number of aliphatic hydroxyl groups excluding tert-OH is 1. The molecule has 1 aromatic heterocycles. The molecule has 0 bridgehead atoms. The Morgan fingerprint density at radius 1 is 1.23 bits per heavy atom. The van der Waals surface area contributed by atoms with Gasteiger partial charge in [0.2, 0.25) is 0 Å². The zero-order chi connectivity index (χ0) is 18.0. The predicted molar refractivity (Wildman–Crippen MR) is 101 cm³/mol. The Kier molecular flexibility index (Phi) is 5.11. The molecule has 2 heterocycles. The van der Waals surface area contributed by atoms with Gasteiger partial charge in [-0.25, -0.2) is 0 Å². The van der Waals surface area contributed by atoms with Gasteiger partial charge in [-0.2, -0.15) is 5.10 Å². The molecule has 2 aromatic rings. The highest BCUT2D eigenvalue weighted by Gasteiger charge is 2.42. The minimum Gasteiger partial charge on any atom is -0.394 e. The Bertz CT molecular complexity index is 734. The number of hydrogen-bond acceptors (Lipinski definition) is 4. The molecule has 2 aliphatic rings. The summed E-state index contributed by atoms with van der Waals surface area (Å²) >= 11 is 0. The van der Waals surface area contributed by atoms with Gasteiger partial charge in [-0.15, -0.1) is 0 Å². The number of aromatic nitrogens is 2. The molecule has 5 heteroatoms. The van der Waals surface area contributed by atoms with Gasteiger partial charge in [0, 0.05) is 25.4 Å². The molecule has 1 aliphatic heterocycles. The number of rotatable bonds is 5. The molecule has 1 aromatic carbocycles. The van der Waals surface area contributed by atoms with Crippen LogP contribution in [0.1, 0.15) is 48.5 Å². The van der Waals surface area contributed by atoms with E-state index < -0.39 is 0 Å². The van der Waals surface area contributed by atoms with Gasteiger partial charge in [-0.1, -0.05) is 24.3 Å². The molecule has 4 rings (SSSR count). The number of aryl methyl sites for hydroxylation is 1. The molecule has 0 unspecified atom stereocenters. The summed E-state index contributed by atoms with van der Waals surface area (Å²) in [6.45, 7) is 3.77. The van der Waals surface area contributed by atoms with Crippen LogP contribution in [0.15, 0.2) is 36.7 Å². The molecule has 1 aliphatic carbocycles. The minimum atomic E-state index is 0.0904. The molecule has 0 amide bonds. The second-order valence-corrected chi connectivity index (χ2v) is 7.79. The predicted octanol–water partition coefficient (Wildman–Crippen LogP) is 2.80. The summed E-state index contributed by atoms with van der Waals surface area (Å²) in [5.74, 6) is 0. The maximum absolute atomic E-state index is 9.10. The van der Waals surface area contributed by atoms with E-state index in [2.05, 4.69) is 40.5 Å². The number of hydrogen-bond donors (Lipinski definition) is 1. The number of nitrogens with zero attached hydrogens (tertiary/aromatic N) is 3. The molecule has 0 radical (unpaired) electrons. The second kappa shape index (κ2) is 7.51. The molecular formula is C21H29N3O2. The maximum Gasteiger partial charge on any atom is 0.0829 e. The van der Waals surface area contributed by atoms with Gasteiger partial charge >= 0.3 is 0 Å². The van der Waals surface area contributed by atoms with Gasteiger partial charge in [0.1, 0.15) is 0 Å². The summed E-state index contributed by atoms with van der Waals surface area (Å²) in [5.41, 5.74) is 4.41. The van der Waals surface area contributed by atoms with E-state index in [1.165, 1.54) is 36.0 Å². The molecule has 1 fully saturated rings. The molecule has 5 nitrogen and oxygen atoms in total. The molecule has 1 saturated heterocycles. The van der Waals surface area contributed by atoms with E-state index in [-0.39, 0.29) is 12.7 Å². The topological polar surface area (TPSA) is 50.5 Å². The normalized spacial score (nSPS) is 22.5. The highest BCUT2D eigenvalue weighted by Crippen LogP contribution is 2.48. The lowest BCUT2D eigenvalue weighted by molar-refractivity contribution is 0.00500. The van der Waals surface area contributed by atoms with Gasteiger partial charge in [0.15, 0.2) is 0 Å². The van der Waals surface area contributed by atoms with Crippen LogP contribution in [0.3, 0.4) is 0 Å². The van der Waals surface area contributed by atoms with E-state index in [0.717, 1.165) is 26.1 Å². The van der Waals surface area contributed by atoms with Gasteiger partial charge in [-0.3, -0.25) is 9.58 Å². The van der Waals surface area contributed by atoms with Crippen LogP contribution < -0.4 is 0 Å². The third-order valence-electron chi connectivity index (χ3n) is 6.15. The van der Waals surface area contributed by atoms with Crippen LogP contribution in [-0.2, 0) is 23.7 Å². The lowest BCUT2D eigenvalue weighted by Crippen LogP contribution is -2.44. The third-order valence-corrected chi connectivity index (χ3v) is 6.15. The van der Waals surface area contributed by atoms with Crippen LogP contribution in [0, 0.1) is 0 Å². The summed E-state index contributed by atoms with van der Waals surface area (Å²) in [6.07, 6.45) is 8.87. The number of likely N-dealkylation sites (tertiary alicyclic amines) is 1. The second-order valence-electron chi connectivity index (χ2n) is 7.79. The molecule has 26 heavy (non-hydrogen) atoms. The fourth-order valence-corrected chi connectivity index (χ4v) is 4.80. The number of aliphatic hydroxyl groups is 1. The largest absolute Gasteiger partial charge is 0.394 e. The lowest BCUT2D eigenvalue weighted by Gasteiger charge is -2.47. The zero-order valence-electron chi connectivity index (χ0n) is 15.6. The summed E-state index contributed by atoms with van der Waals surface area (Å²) < 4.78 is 7.80. The van der Waals surface area contributed by atoms with Crippen LogP contribution in [0.5, 0.6) is 0 Å².